The molecule has 9 heteroatoms. The van der Waals surface area contributed by atoms with E-state index in [-0.39, 0.29) is 18.7 Å². The lowest BCUT2D eigenvalue weighted by Gasteiger charge is -2.17. The number of para-hydroxylation sites is 1. The van der Waals surface area contributed by atoms with Crippen LogP contribution in [0, 0.1) is 0 Å². The van der Waals surface area contributed by atoms with Crippen LogP contribution in [0.2, 0.25) is 0 Å². The zero-order valence-electron chi connectivity index (χ0n) is 15.5. The van der Waals surface area contributed by atoms with Gasteiger partial charge in [0.1, 0.15) is 11.4 Å². The van der Waals surface area contributed by atoms with Gasteiger partial charge in [0.15, 0.2) is 12.2 Å². The lowest BCUT2D eigenvalue weighted by molar-refractivity contribution is -0.151. The molecule has 0 aliphatic carbocycles. The fourth-order valence-corrected chi connectivity index (χ4v) is 2.64. The maximum Gasteiger partial charge on any atom is 0.387 e. The first-order chi connectivity index (χ1) is 13.9. The van der Waals surface area contributed by atoms with Crippen molar-refractivity contribution in [1.82, 2.24) is 10.1 Å². The normalized spacial score (nSPS) is 10.9. The van der Waals surface area contributed by atoms with Crippen LogP contribution in [0.15, 0.2) is 53.1 Å². The second kappa shape index (κ2) is 9.13. The monoisotopic (exact) mass is 404 g/mol. The van der Waals surface area contributed by atoms with Crippen LogP contribution in [0.1, 0.15) is 11.3 Å². The average Bonchev–Trinajstić information content (AvgIpc) is 3.10. The van der Waals surface area contributed by atoms with Crippen LogP contribution in [0.5, 0.6) is 5.75 Å². The van der Waals surface area contributed by atoms with Crippen molar-refractivity contribution >= 4 is 22.8 Å². The summed E-state index contributed by atoms with van der Waals surface area (Å²) in [5.41, 5.74) is 1.72. The number of fused-ring (bicyclic) bond motifs is 1. The van der Waals surface area contributed by atoms with Gasteiger partial charge in [0.2, 0.25) is 0 Å². The van der Waals surface area contributed by atoms with Crippen molar-refractivity contribution in [3.63, 3.8) is 0 Å². The molecule has 152 valence electrons. The van der Waals surface area contributed by atoms with Gasteiger partial charge in [-0.15, -0.1) is 0 Å². The number of carbonyl (C=O) groups is 2. The van der Waals surface area contributed by atoms with Gasteiger partial charge >= 0.3 is 12.6 Å². The smallest absolute Gasteiger partial charge is 0.387 e. The highest BCUT2D eigenvalue weighted by molar-refractivity contribution is 5.85. The Kier molecular flexibility index (Phi) is 6.38. The fourth-order valence-electron chi connectivity index (χ4n) is 2.64. The van der Waals surface area contributed by atoms with Gasteiger partial charge in [0.25, 0.3) is 5.91 Å². The Balaban J connectivity index is 1.47. The zero-order valence-corrected chi connectivity index (χ0v) is 15.5. The number of benzene rings is 2. The van der Waals surface area contributed by atoms with Crippen LogP contribution in [0.25, 0.3) is 11.0 Å². The van der Waals surface area contributed by atoms with Gasteiger partial charge in [-0.25, -0.2) is 0 Å². The minimum Gasteiger partial charge on any atom is -0.455 e. The fraction of sp³-hybridized carbons (Fsp3) is 0.250. The summed E-state index contributed by atoms with van der Waals surface area (Å²) in [6.45, 7) is -3.09. The molecule has 0 saturated heterocycles. The minimum absolute atomic E-state index is 0.0343. The molecule has 0 atom stereocenters. The van der Waals surface area contributed by atoms with Crippen LogP contribution in [-0.4, -0.2) is 42.2 Å². The highest BCUT2D eigenvalue weighted by Gasteiger charge is 2.16. The van der Waals surface area contributed by atoms with E-state index in [0.29, 0.717) is 22.2 Å². The van der Waals surface area contributed by atoms with Crippen molar-refractivity contribution in [2.75, 3.05) is 13.7 Å². The van der Waals surface area contributed by atoms with Crippen LogP contribution in [-0.2, 0) is 27.3 Å². The molecule has 1 aromatic heterocycles. The van der Waals surface area contributed by atoms with Gasteiger partial charge in [-0.1, -0.05) is 29.4 Å². The molecule has 0 spiro atoms. The highest BCUT2D eigenvalue weighted by atomic mass is 19.3. The van der Waals surface area contributed by atoms with E-state index in [1.54, 1.807) is 43.4 Å². The average molecular weight is 404 g/mol. The van der Waals surface area contributed by atoms with Crippen LogP contribution in [0.3, 0.4) is 0 Å². The van der Waals surface area contributed by atoms with E-state index in [4.69, 9.17) is 9.26 Å². The Morgan fingerprint density at radius 1 is 1.14 bits per heavy atom. The number of likely N-dealkylation sites (N-methyl/N-ethyl adjacent to an activating group) is 1. The lowest BCUT2D eigenvalue weighted by Crippen LogP contribution is -2.31. The summed E-state index contributed by atoms with van der Waals surface area (Å²) in [7, 11) is 1.55. The molecule has 29 heavy (non-hydrogen) atoms. The van der Waals surface area contributed by atoms with Crippen molar-refractivity contribution < 1.29 is 32.4 Å². The molecule has 0 saturated carbocycles. The van der Waals surface area contributed by atoms with Crippen molar-refractivity contribution in [1.29, 1.82) is 0 Å². The van der Waals surface area contributed by atoms with Gasteiger partial charge in [0.05, 0.1) is 6.42 Å². The molecular weight excluding hydrogens is 386 g/mol. The molecule has 0 aliphatic heterocycles. The summed E-state index contributed by atoms with van der Waals surface area (Å²) in [6, 6.07) is 13.0. The maximum absolute atomic E-state index is 12.2. The van der Waals surface area contributed by atoms with Gasteiger partial charge in [-0.2, -0.15) is 8.78 Å². The predicted molar refractivity (Wildman–Crippen MR) is 98.2 cm³/mol. The second-order valence-corrected chi connectivity index (χ2v) is 6.24. The summed E-state index contributed by atoms with van der Waals surface area (Å²) >= 11 is 0. The molecule has 0 fully saturated rings. The van der Waals surface area contributed by atoms with Crippen molar-refractivity contribution in [2.24, 2.45) is 0 Å². The van der Waals surface area contributed by atoms with E-state index in [0.717, 1.165) is 0 Å². The molecule has 0 aliphatic rings. The Morgan fingerprint density at radius 2 is 1.86 bits per heavy atom. The molecule has 7 nitrogen and oxygen atoms in total. The van der Waals surface area contributed by atoms with E-state index < -0.39 is 25.1 Å². The number of ether oxygens (including phenoxy) is 2. The topological polar surface area (TPSA) is 81.9 Å². The predicted octanol–water partition coefficient (Wildman–Crippen LogP) is 3.17. The number of hydrogen-bond donors (Lipinski definition) is 0. The summed E-state index contributed by atoms with van der Waals surface area (Å²) in [4.78, 5) is 25.5. The quantitative estimate of drug-likeness (QED) is 0.537. The molecular formula is C20H18F2N2O5. The zero-order chi connectivity index (χ0) is 20.8. The number of amides is 1. The molecule has 0 unspecified atom stereocenters. The lowest BCUT2D eigenvalue weighted by atomic mass is 10.2. The maximum atomic E-state index is 12.2. The molecule has 0 bridgehead atoms. The molecule has 1 heterocycles. The largest absolute Gasteiger partial charge is 0.455 e. The third kappa shape index (κ3) is 5.50. The molecule has 0 radical (unpaired) electrons. The highest BCUT2D eigenvalue weighted by Crippen LogP contribution is 2.18. The number of aromatic nitrogens is 1. The summed E-state index contributed by atoms with van der Waals surface area (Å²) < 4.78 is 38.7. The molecule has 3 aromatic rings. The first kappa shape index (κ1) is 20.2. The van der Waals surface area contributed by atoms with E-state index in [2.05, 4.69) is 9.89 Å². The molecule has 3 rings (SSSR count). The van der Waals surface area contributed by atoms with Crippen molar-refractivity contribution in [3.8, 4) is 5.75 Å². The number of nitrogens with zero attached hydrogens (tertiary/aromatic N) is 2. The van der Waals surface area contributed by atoms with Crippen LogP contribution in [0.4, 0.5) is 8.78 Å². The summed E-state index contributed by atoms with van der Waals surface area (Å²) in [6.07, 6.45) is -0.112. The number of rotatable bonds is 8. The van der Waals surface area contributed by atoms with Gasteiger partial charge < -0.3 is 18.9 Å². The Labute approximate surface area is 164 Å². The van der Waals surface area contributed by atoms with E-state index >= 15 is 0 Å². The van der Waals surface area contributed by atoms with Gasteiger partial charge in [0, 0.05) is 19.0 Å². The summed E-state index contributed by atoms with van der Waals surface area (Å²) in [5, 5.41) is 4.56. The SMILES string of the molecule is CN(Cc1ccc(OC(F)F)cc1)C(=O)COC(=O)Cc1noc2ccccc12. The third-order valence-electron chi connectivity index (χ3n) is 4.11. The molecule has 2 aromatic carbocycles. The number of esters is 1. The first-order valence-corrected chi connectivity index (χ1v) is 8.69. The number of hydrogen-bond acceptors (Lipinski definition) is 6. The first-order valence-electron chi connectivity index (χ1n) is 8.69. The number of carbonyl (C=O) groups excluding carboxylic acids is 2. The van der Waals surface area contributed by atoms with Crippen LogP contribution >= 0.6 is 0 Å². The summed E-state index contributed by atoms with van der Waals surface area (Å²) in [5.74, 6) is -0.970. The Bertz CT molecular complexity index is 988. The molecule has 1 amide bonds. The van der Waals surface area contributed by atoms with Crippen molar-refractivity contribution in [3.05, 3.63) is 59.8 Å². The Morgan fingerprint density at radius 3 is 2.59 bits per heavy atom. The standard InChI is InChI=1S/C20H18F2N2O5/c1-24(11-13-6-8-14(9-7-13)28-20(21)22)18(25)12-27-19(26)10-16-15-4-2-3-5-17(15)29-23-16/h2-9,20H,10-12H2,1H3. The minimum atomic E-state index is -2.89. The third-order valence-corrected chi connectivity index (χ3v) is 4.11. The number of halogens is 2. The van der Waals surface area contributed by atoms with Crippen LogP contribution < -0.4 is 4.74 Å². The second-order valence-electron chi connectivity index (χ2n) is 6.24. The Hall–Kier alpha value is -3.49. The van der Waals surface area contributed by atoms with E-state index in [1.165, 1.54) is 17.0 Å². The van der Waals surface area contributed by atoms with E-state index in [1.807, 2.05) is 0 Å². The number of alkyl halides is 2. The van der Waals surface area contributed by atoms with Gasteiger partial charge in [-0.3, -0.25) is 9.59 Å². The van der Waals surface area contributed by atoms with Crippen molar-refractivity contribution in [2.45, 2.75) is 19.6 Å². The molecule has 0 N–H and O–H groups in total. The van der Waals surface area contributed by atoms with Gasteiger partial charge in [-0.05, 0) is 29.8 Å². The van der Waals surface area contributed by atoms with E-state index in [9.17, 15) is 18.4 Å².